The molecule has 0 aliphatic carbocycles. The van der Waals surface area contributed by atoms with Crippen LogP contribution < -0.4 is 10.6 Å². The van der Waals surface area contributed by atoms with E-state index in [-0.39, 0.29) is 18.3 Å². The van der Waals surface area contributed by atoms with Crippen LogP contribution in [-0.4, -0.2) is 104 Å². The van der Waals surface area contributed by atoms with Gasteiger partial charge < -0.3 is 15.1 Å². The molecule has 0 radical (unpaired) electrons. The van der Waals surface area contributed by atoms with E-state index in [9.17, 15) is 79.4 Å². The van der Waals surface area contributed by atoms with Crippen LogP contribution in [0, 0.1) is 0 Å². The van der Waals surface area contributed by atoms with E-state index in [1.807, 2.05) is 14.1 Å². The molecule has 0 saturated heterocycles. The monoisotopic (exact) mass is 1130 g/mol. The first-order chi connectivity index (χ1) is 34.4. The number of quaternary nitrogens is 1. The first-order valence-corrected chi connectivity index (χ1v) is 28.7. The van der Waals surface area contributed by atoms with Gasteiger partial charge in [-0.25, -0.2) is 4.79 Å². The van der Waals surface area contributed by atoms with Gasteiger partial charge in [0, 0.05) is 12.2 Å². The summed E-state index contributed by atoms with van der Waals surface area (Å²) in [5.41, 5.74) is 0. The molecule has 2 amide bonds. The Kier molecular flexibility index (Phi) is 35.7. The van der Waals surface area contributed by atoms with Gasteiger partial charge in [0.1, 0.15) is 0 Å². The number of thioether (sulfide) groups is 1. The fourth-order valence-corrected chi connectivity index (χ4v) is 9.44. The highest BCUT2D eigenvalue weighted by Gasteiger charge is 2.95. The number of urea groups is 1. The maximum atomic E-state index is 14.1. The molecular formula is C52H91F17N3OS+. The number of unbranched alkanes of at least 4 members (excludes halogenated alkanes) is 33. The van der Waals surface area contributed by atoms with Crippen LogP contribution in [0.5, 0.6) is 0 Å². The number of hydrogen-bond donors (Lipinski definition) is 2. The molecule has 0 unspecified atom stereocenters. The van der Waals surface area contributed by atoms with Gasteiger partial charge in [-0.2, -0.15) is 74.6 Å². The number of rotatable bonds is 49. The maximum Gasteiger partial charge on any atom is 0.460 e. The zero-order valence-corrected chi connectivity index (χ0v) is 45.3. The Balaban J connectivity index is 3.94. The van der Waals surface area contributed by atoms with Gasteiger partial charge in [0.15, 0.2) is 0 Å². The number of alkyl halides is 17. The van der Waals surface area contributed by atoms with Crippen LogP contribution in [0.25, 0.3) is 0 Å². The van der Waals surface area contributed by atoms with Crippen LogP contribution in [0.15, 0.2) is 0 Å². The molecule has 0 rings (SSSR count). The number of nitrogens with one attached hydrogen (secondary N) is 2. The van der Waals surface area contributed by atoms with Crippen LogP contribution in [0.3, 0.4) is 0 Å². The molecule has 22 heteroatoms. The molecule has 0 bridgehead atoms. The molecule has 444 valence electrons. The zero-order valence-electron chi connectivity index (χ0n) is 44.5. The lowest BCUT2D eigenvalue weighted by Gasteiger charge is -2.42. The summed E-state index contributed by atoms with van der Waals surface area (Å²) in [6.07, 6.45) is 34.9. The second-order valence-electron chi connectivity index (χ2n) is 20.9. The maximum absolute atomic E-state index is 14.1. The smallest absolute Gasteiger partial charge is 0.332 e. The Hall–Kier alpha value is -1.61. The van der Waals surface area contributed by atoms with Gasteiger partial charge in [-0.15, -0.1) is 11.8 Å². The van der Waals surface area contributed by atoms with Crippen molar-refractivity contribution >= 4 is 17.8 Å². The molecule has 0 spiro atoms. The van der Waals surface area contributed by atoms with Crippen LogP contribution in [0.2, 0.25) is 0 Å². The highest BCUT2D eigenvalue weighted by molar-refractivity contribution is 7.99. The van der Waals surface area contributed by atoms with Crippen LogP contribution >= 0.6 is 11.8 Å². The molecule has 0 aromatic heterocycles. The molecular weight excluding hydrogens is 1040 g/mol. The summed E-state index contributed by atoms with van der Waals surface area (Å²) in [4.78, 5) is 12.1. The van der Waals surface area contributed by atoms with Crippen molar-refractivity contribution < 1.29 is 83.9 Å². The predicted octanol–water partition coefficient (Wildman–Crippen LogP) is 19.7. The van der Waals surface area contributed by atoms with Gasteiger partial charge in [0.25, 0.3) is 0 Å². The Morgan fingerprint density at radius 3 is 0.932 bits per heavy atom. The number of carbonyl (C=O) groups is 1. The third-order valence-corrected chi connectivity index (χ3v) is 14.6. The normalized spacial score (nSPS) is 13.8. The average molecular weight is 1130 g/mol. The standard InChI is InChI=1S/C52H90F17N3OS/c1-4-5-6-7-8-9-10-11-12-13-14-15-16-17-18-19-20-21-22-23-24-25-26-27-28-29-30-31-32-33-34-35-36-37-40-72(2,3)41-39-70-44(73)71-43-74-42-38-45(53,54)46(55,56)47(57,58)48(59,60)49(61,62)50(63,64)51(65,66)52(67,68)69/h4-43H2,1-3H3,(H-,70,71,73)/p+1. The average Bonchev–Trinajstić information content (AvgIpc) is 3.30. The third kappa shape index (κ3) is 25.9. The minimum atomic E-state index is -8.65. The van der Waals surface area contributed by atoms with Crippen LogP contribution in [0.4, 0.5) is 79.4 Å². The summed E-state index contributed by atoms with van der Waals surface area (Å²) >= 11 is 0.117. The number of carbonyl (C=O) groups excluding carboxylic acids is 1. The van der Waals surface area contributed by atoms with Crippen molar-refractivity contribution in [2.24, 2.45) is 0 Å². The van der Waals surface area contributed by atoms with E-state index in [0.717, 1.165) is 32.2 Å². The van der Waals surface area contributed by atoms with Crippen molar-refractivity contribution in [1.29, 1.82) is 0 Å². The van der Waals surface area contributed by atoms with E-state index in [4.69, 9.17) is 0 Å². The van der Waals surface area contributed by atoms with Gasteiger partial charge in [-0.3, -0.25) is 0 Å². The summed E-state index contributed by atoms with van der Waals surface area (Å²) < 4.78 is 229. The van der Waals surface area contributed by atoms with Crippen molar-refractivity contribution in [2.45, 2.75) is 279 Å². The quantitative estimate of drug-likeness (QED) is 0.0276. The molecule has 0 aliphatic heterocycles. The summed E-state index contributed by atoms with van der Waals surface area (Å²) in [6, 6.07) is -0.883. The van der Waals surface area contributed by atoms with Crippen LogP contribution in [-0.2, 0) is 0 Å². The number of nitrogens with zero attached hydrogens (tertiary/aromatic N) is 1. The second kappa shape index (κ2) is 36.5. The van der Waals surface area contributed by atoms with E-state index < -0.39 is 71.7 Å². The Bertz CT molecular complexity index is 1420. The van der Waals surface area contributed by atoms with E-state index in [2.05, 4.69) is 17.6 Å². The molecule has 0 aliphatic rings. The molecule has 0 heterocycles. The Morgan fingerprint density at radius 1 is 0.365 bits per heavy atom. The van der Waals surface area contributed by atoms with E-state index in [1.165, 1.54) is 193 Å². The fourth-order valence-electron chi connectivity index (χ4n) is 8.66. The SMILES string of the molecule is CCCCCCCCCCCCCCCCCCCCCCCCCCCCCCCCCCCC[N+](C)(C)CCNC(=O)NCSCCC(F)(F)C(F)(F)C(F)(F)C(F)(F)C(F)(F)C(F)(F)C(F)(F)C(F)(F)F. The van der Waals surface area contributed by atoms with Crippen LogP contribution in [0.1, 0.15) is 232 Å². The fraction of sp³-hybridized carbons (Fsp3) is 0.981. The first-order valence-electron chi connectivity index (χ1n) is 27.5. The van der Waals surface area contributed by atoms with Crippen molar-refractivity contribution in [3.05, 3.63) is 0 Å². The first kappa shape index (κ1) is 72.4. The molecule has 0 saturated carbocycles. The van der Waals surface area contributed by atoms with Crippen molar-refractivity contribution in [2.75, 3.05) is 45.4 Å². The number of halogens is 17. The van der Waals surface area contributed by atoms with Crippen molar-refractivity contribution in [3.8, 4) is 0 Å². The number of likely N-dealkylation sites (N-methyl/N-ethyl adjacent to an activating group) is 1. The predicted molar refractivity (Wildman–Crippen MR) is 264 cm³/mol. The molecule has 0 aromatic rings. The molecule has 2 N–H and O–H groups in total. The number of hydrogen-bond acceptors (Lipinski definition) is 2. The highest BCUT2D eigenvalue weighted by atomic mass is 32.2. The summed E-state index contributed by atoms with van der Waals surface area (Å²) in [7, 11) is 3.86. The van der Waals surface area contributed by atoms with E-state index in [1.54, 1.807) is 0 Å². The van der Waals surface area contributed by atoms with Crippen molar-refractivity contribution in [1.82, 2.24) is 10.6 Å². The molecule has 0 fully saturated rings. The second-order valence-corrected chi connectivity index (χ2v) is 22.0. The minimum Gasteiger partial charge on any atom is -0.332 e. The van der Waals surface area contributed by atoms with Gasteiger partial charge in [-0.05, 0) is 12.8 Å². The molecule has 0 atom stereocenters. The largest absolute Gasteiger partial charge is 0.460 e. The molecule has 74 heavy (non-hydrogen) atoms. The third-order valence-electron chi connectivity index (χ3n) is 13.8. The lowest BCUT2D eigenvalue weighted by atomic mass is 9.88. The summed E-state index contributed by atoms with van der Waals surface area (Å²) in [5.74, 6) is -58.5. The van der Waals surface area contributed by atoms with Gasteiger partial charge in [-0.1, -0.05) is 212 Å². The van der Waals surface area contributed by atoms with Crippen molar-refractivity contribution in [3.63, 3.8) is 0 Å². The topological polar surface area (TPSA) is 41.1 Å². The summed E-state index contributed by atoms with van der Waals surface area (Å²) in [6.45, 7) is 3.64. The van der Waals surface area contributed by atoms with Gasteiger partial charge >= 0.3 is 53.7 Å². The molecule has 4 nitrogen and oxygen atoms in total. The molecule has 0 aromatic carbocycles. The number of amides is 2. The van der Waals surface area contributed by atoms with E-state index in [0.29, 0.717) is 11.0 Å². The van der Waals surface area contributed by atoms with Gasteiger partial charge in [0.2, 0.25) is 0 Å². The van der Waals surface area contributed by atoms with E-state index >= 15 is 0 Å². The summed E-state index contributed by atoms with van der Waals surface area (Å²) in [5, 5.41) is 4.53. The lowest BCUT2D eigenvalue weighted by molar-refractivity contribution is -0.889. The highest BCUT2D eigenvalue weighted by Crippen LogP contribution is 2.64. The van der Waals surface area contributed by atoms with Gasteiger partial charge in [0.05, 0.1) is 39.6 Å². The Morgan fingerprint density at radius 2 is 0.635 bits per heavy atom. The zero-order chi connectivity index (χ0) is 56.5. The Labute approximate surface area is 436 Å². The minimum absolute atomic E-state index is 0.117. The lowest BCUT2D eigenvalue weighted by Crippen LogP contribution is -2.74.